The van der Waals surface area contributed by atoms with E-state index in [4.69, 9.17) is 4.74 Å². The molecule has 3 heterocycles. The first-order chi connectivity index (χ1) is 11.8. The lowest BCUT2D eigenvalue weighted by molar-refractivity contribution is 0.102. The number of H-pyrrole nitrogens is 1. The van der Waals surface area contributed by atoms with Crippen molar-refractivity contribution in [2.24, 2.45) is 5.92 Å². The second-order valence-electron chi connectivity index (χ2n) is 6.73. The van der Waals surface area contributed by atoms with Crippen LogP contribution < -0.4 is 10.2 Å². The highest BCUT2D eigenvalue weighted by molar-refractivity contribution is 6.04. The summed E-state index contributed by atoms with van der Waals surface area (Å²) in [5.41, 5.74) is 3.50. The Hall–Kier alpha value is -2.41. The lowest BCUT2D eigenvalue weighted by atomic mass is 10.1. The minimum atomic E-state index is -0.158. The minimum absolute atomic E-state index is 0.158. The van der Waals surface area contributed by atoms with Crippen molar-refractivity contribution in [3.63, 3.8) is 0 Å². The normalized spacial score (nSPS) is 24.4. The summed E-state index contributed by atoms with van der Waals surface area (Å²) in [6, 6.07) is 3.82. The summed E-state index contributed by atoms with van der Waals surface area (Å²) in [5.74, 6) is 2.10. The molecule has 1 amide bonds. The number of fused-ring (bicyclic) bond motifs is 3. The molecule has 5 rings (SSSR count). The van der Waals surface area contributed by atoms with E-state index in [-0.39, 0.29) is 5.91 Å². The molecule has 2 fully saturated rings. The van der Waals surface area contributed by atoms with E-state index in [1.54, 1.807) is 6.20 Å². The SMILES string of the molecule is O=C(Nc1ccc(N2CCOCC2)nc1)c1n[nH]c2c1CC1CC21. The van der Waals surface area contributed by atoms with E-state index in [1.165, 1.54) is 12.1 Å². The van der Waals surface area contributed by atoms with Gasteiger partial charge in [0, 0.05) is 30.3 Å². The summed E-state index contributed by atoms with van der Waals surface area (Å²) in [7, 11) is 0. The van der Waals surface area contributed by atoms with E-state index in [2.05, 4.69) is 25.4 Å². The van der Waals surface area contributed by atoms with Gasteiger partial charge in [-0.25, -0.2) is 4.98 Å². The minimum Gasteiger partial charge on any atom is -0.378 e. The number of amides is 1. The van der Waals surface area contributed by atoms with Crippen LogP contribution in [0, 0.1) is 5.92 Å². The summed E-state index contributed by atoms with van der Waals surface area (Å²) < 4.78 is 5.35. The van der Waals surface area contributed by atoms with Crippen LogP contribution in [0.4, 0.5) is 11.5 Å². The number of hydrogen-bond acceptors (Lipinski definition) is 5. The molecule has 124 valence electrons. The zero-order valence-corrected chi connectivity index (χ0v) is 13.3. The molecule has 1 aliphatic heterocycles. The molecule has 2 N–H and O–H groups in total. The maximum atomic E-state index is 12.5. The van der Waals surface area contributed by atoms with E-state index in [9.17, 15) is 4.79 Å². The number of anilines is 2. The third-order valence-corrected chi connectivity index (χ3v) is 5.21. The molecule has 2 aliphatic carbocycles. The van der Waals surface area contributed by atoms with E-state index in [0.29, 0.717) is 17.3 Å². The standard InChI is InChI=1S/C17H19N5O2/c23-17(16-13-8-10-7-12(10)15(13)20-21-16)19-11-1-2-14(18-9-11)22-3-5-24-6-4-22/h1-2,9-10,12H,3-8H2,(H,19,23)(H,20,21). The zero-order chi connectivity index (χ0) is 16.1. The molecule has 2 aromatic rings. The first kappa shape index (κ1) is 14.0. The van der Waals surface area contributed by atoms with Crippen molar-refractivity contribution >= 4 is 17.4 Å². The average Bonchev–Trinajstić information content (AvgIpc) is 3.10. The van der Waals surface area contributed by atoms with Gasteiger partial charge in [0.1, 0.15) is 5.82 Å². The van der Waals surface area contributed by atoms with E-state index >= 15 is 0 Å². The number of nitrogens with zero attached hydrogens (tertiary/aromatic N) is 3. The summed E-state index contributed by atoms with van der Waals surface area (Å²) in [6.07, 6.45) is 3.92. The average molecular weight is 325 g/mol. The summed E-state index contributed by atoms with van der Waals surface area (Å²) >= 11 is 0. The fourth-order valence-electron chi connectivity index (χ4n) is 3.80. The van der Waals surface area contributed by atoms with Crippen LogP contribution in [0.5, 0.6) is 0 Å². The van der Waals surface area contributed by atoms with Gasteiger partial charge in [0.15, 0.2) is 5.69 Å². The Balaban J connectivity index is 1.29. The van der Waals surface area contributed by atoms with E-state index in [0.717, 1.165) is 50.0 Å². The first-order valence-electron chi connectivity index (χ1n) is 8.47. The lowest BCUT2D eigenvalue weighted by Crippen LogP contribution is -2.36. The van der Waals surface area contributed by atoms with Crippen LogP contribution in [0.3, 0.4) is 0 Å². The van der Waals surface area contributed by atoms with Crippen LogP contribution in [-0.2, 0) is 11.2 Å². The fourth-order valence-corrected chi connectivity index (χ4v) is 3.80. The molecule has 2 atom stereocenters. The molecular weight excluding hydrogens is 306 g/mol. The Morgan fingerprint density at radius 1 is 1.33 bits per heavy atom. The quantitative estimate of drug-likeness (QED) is 0.895. The van der Waals surface area contributed by atoms with Crippen molar-refractivity contribution in [3.05, 3.63) is 35.3 Å². The van der Waals surface area contributed by atoms with Crippen LogP contribution in [0.15, 0.2) is 18.3 Å². The van der Waals surface area contributed by atoms with Gasteiger partial charge in [-0.05, 0) is 30.9 Å². The van der Waals surface area contributed by atoms with Crippen molar-refractivity contribution < 1.29 is 9.53 Å². The molecule has 2 unspecified atom stereocenters. The molecule has 0 aromatic carbocycles. The number of aromatic nitrogens is 3. The molecule has 0 radical (unpaired) electrons. The molecule has 1 saturated carbocycles. The third-order valence-electron chi connectivity index (χ3n) is 5.21. The van der Waals surface area contributed by atoms with Gasteiger partial charge in [0.05, 0.1) is 25.1 Å². The molecule has 1 saturated heterocycles. The largest absolute Gasteiger partial charge is 0.378 e. The van der Waals surface area contributed by atoms with Crippen LogP contribution in [0.1, 0.15) is 34.1 Å². The number of carbonyl (C=O) groups excluding carboxylic acids is 1. The van der Waals surface area contributed by atoms with Gasteiger partial charge in [-0.3, -0.25) is 9.89 Å². The zero-order valence-electron chi connectivity index (χ0n) is 13.3. The lowest BCUT2D eigenvalue weighted by Gasteiger charge is -2.27. The highest BCUT2D eigenvalue weighted by Gasteiger charge is 2.48. The van der Waals surface area contributed by atoms with Crippen molar-refractivity contribution in [2.45, 2.75) is 18.8 Å². The highest BCUT2D eigenvalue weighted by Crippen LogP contribution is 2.56. The Morgan fingerprint density at radius 3 is 3.00 bits per heavy atom. The topological polar surface area (TPSA) is 83.1 Å². The van der Waals surface area contributed by atoms with Crippen molar-refractivity contribution in [1.29, 1.82) is 0 Å². The molecule has 0 bridgehead atoms. The van der Waals surface area contributed by atoms with Crippen molar-refractivity contribution in [3.8, 4) is 0 Å². The number of aromatic amines is 1. The Morgan fingerprint density at radius 2 is 2.21 bits per heavy atom. The van der Waals surface area contributed by atoms with Crippen molar-refractivity contribution in [2.75, 3.05) is 36.5 Å². The van der Waals surface area contributed by atoms with Crippen molar-refractivity contribution in [1.82, 2.24) is 15.2 Å². The Labute approximate surface area is 139 Å². The second-order valence-corrected chi connectivity index (χ2v) is 6.73. The predicted octanol–water partition coefficient (Wildman–Crippen LogP) is 1.55. The smallest absolute Gasteiger partial charge is 0.276 e. The van der Waals surface area contributed by atoms with Crippen LogP contribution in [0.2, 0.25) is 0 Å². The molecular formula is C17H19N5O2. The molecule has 7 nitrogen and oxygen atoms in total. The van der Waals surface area contributed by atoms with E-state index in [1.807, 2.05) is 12.1 Å². The number of pyridine rings is 1. The molecule has 3 aliphatic rings. The van der Waals surface area contributed by atoms with E-state index < -0.39 is 0 Å². The number of carbonyl (C=O) groups is 1. The van der Waals surface area contributed by atoms with Crippen LogP contribution in [0.25, 0.3) is 0 Å². The summed E-state index contributed by atoms with van der Waals surface area (Å²) in [6.45, 7) is 3.15. The predicted molar refractivity (Wildman–Crippen MR) is 88.4 cm³/mol. The Bertz CT molecular complexity index is 779. The monoisotopic (exact) mass is 325 g/mol. The van der Waals surface area contributed by atoms with Gasteiger partial charge in [0.2, 0.25) is 0 Å². The molecule has 2 aromatic heterocycles. The highest BCUT2D eigenvalue weighted by atomic mass is 16.5. The van der Waals surface area contributed by atoms with Gasteiger partial charge in [-0.2, -0.15) is 5.10 Å². The second kappa shape index (κ2) is 5.31. The van der Waals surface area contributed by atoms with Gasteiger partial charge in [-0.15, -0.1) is 0 Å². The Kier molecular flexibility index (Phi) is 3.09. The van der Waals surface area contributed by atoms with Gasteiger partial charge < -0.3 is 15.0 Å². The number of morpholine rings is 1. The molecule has 24 heavy (non-hydrogen) atoms. The number of nitrogens with one attached hydrogen (secondary N) is 2. The van der Waals surface area contributed by atoms with Crippen LogP contribution >= 0.6 is 0 Å². The van der Waals surface area contributed by atoms with Gasteiger partial charge in [0.25, 0.3) is 5.91 Å². The summed E-state index contributed by atoms with van der Waals surface area (Å²) in [4.78, 5) is 19.1. The van der Waals surface area contributed by atoms with Gasteiger partial charge in [-0.1, -0.05) is 0 Å². The van der Waals surface area contributed by atoms with Crippen LogP contribution in [-0.4, -0.2) is 47.4 Å². The number of hydrogen-bond donors (Lipinski definition) is 2. The molecule has 0 spiro atoms. The van der Waals surface area contributed by atoms with Gasteiger partial charge >= 0.3 is 0 Å². The summed E-state index contributed by atoms with van der Waals surface area (Å²) in [5, 5.41) is 10.2. The third kappa shape index (κ3) is 2.27. The maximum Gasteiger partial charge on any atom is 0.276 e. The first-order valence-corrected chi connectivity index (χ1v) is 8.47. The molecule has 7 heteroatoms. The maximum absolute atomic E-state index is 12.5. The fraction of sp³-hybridized carbons (Fsp3) is 0.471. The number of rotatable bonds is 3. The number of ether oxygens (including phenoxy) is 1.